The molecular formula is C9H14N2OS. The summed E-state index contributed by atoms with van der Waals surface area (Å²) < 4.78 is 0. The van der Waals surface area contributed by atoms with Gasteiger partial charge in [0.2, 0.25) is 5.91 Å². The van der Waals surface area contributed by atoms with Crippen molar-refractivity contribution >= 4 is 17.7 Å². The highest BCUT2D eigenvalue weighted by Gasteiger charge is 2.37. The minimum absolute atomic E-state index is 0.270. The monoisotopic (exact) mass is 198 g/mol. The SMILES string of the molecule is CCNCC1=CN2C(=O)CC2SC1. The lowest BCUT2D eigenvalue weighted by Gasteiger charge is -2.41. The molecule has 1 unspecified atom stereocenters. The van der Waals surface area contributed by atoms with Crippen LogP contribution in [-0.4, -0.2) is 35.0 Å². The van der Waals surface area contributed by atoms with Crippen LogP contribution < -0.4 is 5.32 Å². The number of carbonyl (C=O) groups excluding carboxylic acids is 1. The van der Waals surface area contributed by atoms with Gasteiger partial charge in [0.25, 0.3) is 0 Å². The second-order valence-electron chi connectivity index (χ2n) is 3.34. The molecule has 0 aromatic carbocycles. The Morgan fingerprint density at radius 1 is 1.77 bits per heavy atom. The number of fused-ring (bicyclic) bond motifs is 1. The summed E-state index contributed by atoms with van der Waals surface area (Å²) in [6, 6.07) is 0. The number of likely N-dealkylation sites (N-methyl/N-ethyl adjacent to an activating group) is 1. The molecule has 0 spiro atoms. The first-order valence-corrected chi connectivity index (χ1v) is 5.69. The summed E-state index contributed by atoms with van der Waals surface area (Å²) in [5.41, 5.74) is 1.33. The quantitative estimate of drug-likeness (QED) is 0.680. The maximum Gasteiger partial charge on any atom is 0.230 e. The number of hydrogen-bond donors (Lipinski definition) is 1. The largest absolute Gasteiger partial charge is 0.313 e. The summed E-state index contributed by atoms with van der Waals surface area (Å²) in [6.07, 6.45) is 2.76. The zero-order chi connectivity index (χ0) is 9.26. The maximum absolute atomic E-state index is 11.1. The number of nitrogens with one attached hydrogen (secondary N) is 1. The molecule has 2 rings (SSSR count). The minimum Gasteiger partial charge on any atom is -0.313 e. The van der Waals surface area contributed by atoms with Crippen molar-refractivity contribution in [3.8, 4) is 0 Å². The van der Waals surface area contributed by atoms with E-state index in [2.05, 4.69) is 12.2 Å². The fourth-order valence-corrected chi connectivity index (χ4v) is 2.70. The molecule has 0 aromatic heterocycles. The molecule has 2 aliphatic heterocycles. The Hall–Kier alpha value is -0.480. The molecule has 0 aromatic rings. The Morgan fingerprint density at radius 2 is 2.62 bits per heavy atom. The molecule has 2 aliphatic rings. The molecule has 3 nitrogen and oxygen atoms in total. The average Bonchev–Trinajstić information content (AvgIpc) is 2.14. The third kappa shape index (κ3) is 1.74. The van der Waals surface area contributed by atoms with Crippen LogP contribution >= 0.6 is 11.8 Å². The van der Waals surface area contributed by atoms with Crippen molar-refractivity contribution in [1.82, 2.24) is 10.2 Å². The summed E-state index contributed by atoms with van der Waals surface area (Å²) in [5, 5.41) is 3.72. The molecule has 1 atom stereocenters. The Balaban J connectivity index is 1.93. The Labute approximate surface area is 82.6 Å². The van der Waals surface area contributed by atoms with Crippen molar-refractivity contribution < 1.29 is 4.79 Å². The van der Waals surface area contributed by atoms with E-state index in [0.717, 1.165) is 25.3 Å². The number of amides is 1. The van der Waals surface area contributed by atoms with E-state index in [1.807, 2.05) is 22.9 Å². The van der Waals surface area contributed by atoms with E-state index in [1.54, 1.807) is 0 Å². The molecule has 72 valence electrons. The molecule has 1 saturated heterocycles. The first-order chi connectivity index (χ1) is 6.31. The van der Waals surface area contributed by atoms with Gasteiger partial charge in [0, 0.05) is 18.5 Å². The first-order valence-electron chi connectivity index (χ1n) is 4.64. The van der Waals surface area contributed by atoms with Crippen LogP contribution in [-0.2, 0) is 4.79 Å². The standard InChI is InChI=1S/C9H14N2OS/c1-2-10-4-7-5-11-8(12)3-9(11)13-6-7/h5,9-10H,2-4,6H2,1H3. The normalized spacial score (nSPS) is 26.5. The van der Waals surface area contributed by atoms with Crippen molar-refractivity contribution in [3.63, 3.8) is 0 Å². The third-order valence-electron chi connectivity index (χ3n) is 2.33. The van der Waals surface area contributed by atoms with Crippen LogP contribution in [0.2, 0.25) is 0 Å². The topological polar surface area (TPSA) is 32.3 Å². The third-order valence-corrected chi connectivity index (χ3v) is 3.65. The van der Waals surface area contributed by atoms with Crippen molar-refractivity contribution in [3.05, 3.63) is 11.8 Å². The summed E-state index contributed by atoms with van der Waals surface area (Å²) >= 11 is 1.87. The fourth-order valence-electron chi connectivity index (χ4n) is 1.52. The van der Waals surface area contributed by atoms with Crippen molar-refractivity contribution in [2.24, 2.45) is 0 Å². The van der Waals surface area contributed by atoms with Crippen LogP contribution in [0.5, 0.6) is 0 Å². The molecule has 4 heteroatoms. The number of rotatable bonds is 3. The molecular weight excluding hydrogens is 184 g/mol. The van der Waals surface area contributed by atoms with Gasteiger partial charge < -0.3 is 10.2 Å². The molecule has 1 N–H and O–H groups in total. The van der Waals surface area contributed by atoms with Crippen LogP contribution in [0.3, 0.4) is 0 Å². The van der Waals surface area contributed by atoms with Crippen LogP contribution in [0.25, 0.3) is 0 Å². The van der Waals surface area contributed by atoms with Crippen LogP contribution in [0.1, 0.15) is 13.3 Å². The maximum atomic E-state index is 11.1. The van der Waals surface area contributed by atoms with Gasteiger partial charge in [-0.2, -0.15) is 0 Å². The second kappa shape index (κ2) is 3.72. The van der Waals surface area contributed by atoms with Crippen LogP contribution in [0.4, 0.5) is 0 Å². The summed E-state index contributed by atoms with van der Waals surface area (Å²) in [5.74, 6) is 1.34. The van der Waals surface area contributed by atoms with Crippen LogP contribution in [0, 0.1) is 0 Å². The Bertz CT molecular complexity index is 252. The molecule has 1 fully saturated rings. The number of nitrogens with zero attached hydrogens (tertiary/aromatic N) is 1. The summed E-state index contributed by atoms with van der Waals surface area (Å²) in [7, 11) is 0. The van der Waals surface area contributed by atoms with Gasteiger partial charge in [0.05, 0.1) is 11.8 Å². The van der Waals surface area contributed by atoms with Gasteiger partial charge in [-0.05, 0) is 12.1 Å². The number of hydrogen-bond acceptors (Lipinski definition) is 3. The van der Waals surface area contributed by atoms with E-state index in [0.29, 0.717) is 5.37 Å². The highest BCUT2D eigenvalue weighted by molar-refractivity contribution is 8.00. The zero-order valence-corrected chi connectivity index (χ0v) is 8.56. The predicted octanol–water partition coefficient (Wildman–Crippen LogP) is 0.785. The van der Waals surface area contributed by atoms with Crippen molar-refractivity contribution in [1.29, 1.82) is 0 Å². The van der Waals surface area contributed by atoms with E-state index in [-0.39, 0.29) is 5.91 Å². The number of thioether (sulfide) groups is 1. The lowest BCUT2D eigenvalue weighted by molar-refractivity contribution is -0.137. The van der Waals surface area contributed by atoms with Crippen molar-refractivity contribution in [2.75, 3.05) is 18.8 Å². The minimum atomic E-state index is 0.270. The predicted molar refractivity (Wildman–Crippen MR) is 54.3 cm³/mol. The summed E-state index contributed by atoms with van der Waals surface area (Å²) in [4.78, 5) is 13.0. The lowest BCUT2D eigenvalue weighted by atomic mass is 10.2. The van der Waals surface area contributed by atoms with Gasteiger partial charge in [-0.15, -0.1) is 11.8 Å². The van der Waals surface area contributed by atoms with Gasteiger partial charge in [0.15, 0.2) is 0 Å². The average molecular weight is 198 g/mol. The fraction of sp³-hybridized carbons (Fsp3) is 0.667. The highest BCUT2D eigenvalue weighted by atomic mass is 32.2. The van der Waals surface area contributed by atoms with Crippen LogP contribution in [0.15, 0.2) is 11.8 Å². The molecule has 0 aliphatic carbocycles. The highest BCUT2D eigenvalue weighted by Crippen LogP contribution is 2.35. The molecule has 2 heterocycles. The molecule has 0 radical (unpaired) electrons. The Kier molecular flexibility index (Phi) is 2.60. The Morgan fingerprint density at radius 3 is 3.31 bits per heavy atom. The van der Waals surface area contributed by atoms with Gasteiger partial charge in [-0.1, -0.05) is 6.92 Å². The molecule has 13 heavy (non-hydrogen) atoms. The van der Waals surface area contributed by atoms with E-state index in [4.69, 9.17) is 0 Å². The smallest absolute Gasteiger partial charge is 0.230 e. The lowest BCUT2D eigenvalue weighted by Crippen LogP contribution is -2.49. The first kappa shape index (κ1) is 9.09. The number of carbonyl (C=O) groups is 1. The van der Waals surface area contributed by atoms with Gasteiger partial charge in [-0.3, -0.25) is 4.79 Å². The second-order valence-corrected chi connectivity index (χ2v) is 4.50. The van der Waals surface area contributed by atoms with Gasteiger partial charge >= 0.3 is 0 Å². The molecule has 1 amide bonds. The van der Waals surface area contributed by atoms with Gasteiger partial charge in [0.1, 0.15) is 0 Å². The van der Waals surface area contributed by atoms with Crippen molar-refractivity contribution in [2.45, 2.75) is 18.7 Å². The van der Waals surface area contributed by atoms with E-state index in [9.17, 15) is 4.79 Å². The van der Waals surface area contributed by atoms with E-state index >= 15 is 0 Å². The molecule has 0 saturated carbocycles. The molecule has 0 bridgehead atoms. The number of β-lactam (4-membered cyclic amide) rings is 1. The summed E-state index contributed by atoms with van der Waals surface area (Å²) in [6.45, 7) is 3.99. The van der Waals surface area contributed by atoms with E-state index in [1.165, 1.54) is 5.57 Å². The van der Waals surface area contributed by atoms with Gasteiger partial charge in [-0.25, -0.2) is 0 Å². The zero-order valence-electron chi connectivity index (χ0n) is 7.75. The van der Waals surface area contributed by atoms with E-state index < -0.39 is 0 Å².